The van der Waals surface area contributed by atoms with Crippen LogP contribution in [0, 0.1) is 11.7 Å². The van der Waals surface area contributed by atoms with Gasteiger partial charge in [-0.3, -0.25) is 9.69 Å². The smallest absolute Gasteiger partial charge is 0.243 e. The number of carbonyl (C=O) groups excluding carboxylic acids is 1. The minimum atomic E-state index is -3.72. The number of nitrogens with zero attached hydrogens (tertiary/aromatic N) is 2. The van der Waals surface area contributed by atoms with Crippen LogP contribution in [0.3, 0.4) is 0 Å². The van der Waals surface area contributed by atoms with Crippen molar-refractivity contribution < 1.29 is 17.6 Å². The second-order valence-electron chi connectivity index (χ2n) is 7.95. The molecule has 1 aromatic rings. The van der Waals surface area contributed by atoms with Crippen LogP contribution in [-0.2, 0) is 14.8 Å². The van der Waals surface area contributed by atoms with E-state index >= 15 is 0 Å². The number of halogens is 1. The number of benzene rings is 1. The lowest BCUT2D eigenvalue weighted by Gasteiger charge is -2.38. The highest BCUT2D eigenvalue weighted by Gasteiger charge is 2.33. The average Bonchev–Trinajstić information content (AvgIpc) is 2.69. The van der Waals surface area contributed by atoms with E-state index in [0.29, 0.717) is 19.0 Å². The summed E-state index contributed by atoms with van der Waals surface area (Å²) in [6.45, 7) is 5.59. The highest BCUT2D eigenvalue weighted by Crippen LogP contribution is 2.24. The van der Waals surface area contributed by atoms with Gasteiger partial charge in [-0.15, -0.1) is 0 Å². The van der Waals surface area contributed by atoms with Gasteiger partial charge in [-0.2, -0.15) is 4.31 Å². The van der Waals surface area contributed by atoms with E-state index < -0.39 is 15.8 Å². The highest BCUT2D eigenvalue weighted by molar-refractivity contribution is 7.89. The van der Waals surface area contributed by atoms with Crippen LogP contribution in [0.5, 0.6) is 0 Å². The maximum absolute atomic E-state index is 13.4. The summed E-state index contributed by atoms with van der Waals surface area (Å²) in [6, 6.07) is 5.02. The summed E-state index contributed by atoms with van der Waals surface area (Å²) in [6.07, 6.45) is 4.56. The topological polar surface area (TPSA) is 69.7 Å². The molecule has 1 aliphatic heterocycles. The van der Waals surface area contributed by atoms with Crippen molar-refractivity contribution in [3.63, 3.8) is 0 Å². The first-order chi connectivity index (χ1) is 13.3. The van der Waals surface area contributed by atoms with E-state index in [1.54, 1.807) is 0 Å². The van der Waals surface area contributed by atoms with E-state index in [1.807, 2.05) is 11.8 Å². The fourth-order valence-electron chi connectivity index (χ4n) is 4.11. The number of rotatable bonds is 5. The van der Waals surface area contributed by atoms with E-state index in [1.165, 1.54) is 28.9 Å². The van der Waals surface area contributed by atoms with Crippen molar-refractivity contribution in [3.05, 3.63) is 30.1 Å². The molecule has 28 heavy (non-hydrogen) atoms. The van der Waals surface area contributed by atoms with Gasteiger partial charge in [0.05, 0.1) is 10.9 Å². The molecule has 1 aliphatic carbocycles. The van der Waals surface area contributed by atoms with Gasteiger partial charge in [0.25, 0.3) is 0 Å². The fourth-order valence-corrected chi connectivity index (χ4v) is 5.56. The summed E-state index contributed by atoms with van der Waals surface area (Å²) in [5.41, 5.74) is 0. The summed E-state index contributed by atoms with van der Waals surface area (Å²) in [7, 11) is -3.72. The lowest BCUT2D eigenvalue weighted by Crippen LogP contribution is -2.56. The van der Waals surface area contributed by atoms with Crippen molar-refractivity contribution in [3.8, 4) is 0 Å². The van der Waals surface area contributed by atoms with Crippen LogP contribution in [-0.4, -0.2) is 61.8 Å². The monoisotopic (exact) mass is 411 g/mol. The van der Waals surface area contributed by atoms with E-state index in [4.69, 9.17) is 0 Å². The van der Waals surface area contributed by atoms with Crippen molar-refractivity contribution in [2.75, 3.05) is 26.2 Å². The number of sulfonamides is 1. The summed E-state index contributed by atoms with van der Waals surface area (Å²) >= 11 is 0. The highest BCUT2D eigenvalue weighted by atomic mass is 32.2. The first-order valence-electron chi connectivity index (χ1n) is 10.1. The average molecular weight is 412 g/mol. The molecule has 1 aromatic carbocycles. The third-order valence-corrected chi connectivity index (χ3v) is 7.97. The molecule has 0 spiro atoms. The van der Waals surface area contributed by atoms with Gasteiger partial charge in [0, 0.05) is 32.2 Å². The second-order valence-corrected chi connectivity index (χ2v) is 9.89. The maximum Gasteiger partial charge on any atom is 0.243 e. The van der Waals surface area contributed by atoms with Crippen LogP contribution < -0.4 is 5.32 Å². The zero-order chi connectivity index (χ0) is 20.3. The molecule has 2 fully saturated rings. The molecule has 0 bridgehead atoms. The third kappa shape index (κ3) is 4.72. The van der Waals surface area contributed by atoms with Gasteiger partial charge in [0.1, 0.15) is 5.82 Å². The van der Waals surface area contributed by atoms with Gasteiger partial charge in [-0.25, -0.2) is 12.8 Å². The Labute approximate surface area is 167 Å². The molecule has 0 unspecified atom stereocenters. The van der Waals surface area contributed by atoms with Gasteiger partial charge >= 0.3 is 0 Å². The van der Waals surface area contributed by atoms with E-state index in [9.17, 15) is 17.6 Å². The number of carbonyl (C=O) groups is 1. The van der Waals surface area contributed by atoms with Crippen LogP contribution >= 0.6 is 0 Å². The van der Waals surface area contributed by atoms with Gasteiger partial charge < -0.3 is 5.32 Å². The molecular weight excluding hydrogens is 381 g/mol. The van der Waals surface area contributed by atoms with Crippen molar-refractivity contribution in [2.45, 2.75) is 56.5 Å². The van der Waals surface area contributed by atoms with E-state index in [0.717, 1.165) is 25.3 Å². The minimum Gasteiger partial charge on any atom is -0.352 e. The van der Waals surface area contributed by atoms with Crippen molar-refractivity contribution >= 4 is 15.9 Å². The summed E-state index contributed by atoms with van der Waals surface area (Å²) in [4.78, 5) is 14.7. The fraction of sp³-hybridized carbons (Fsp3) is 0.650. The Kier molecular flexibility index (Phi) is 6.73. The molecule has 2 aliphatic rings. The number of amides is 1. The lowest BCUT2D eigenvalue weighted by atomic mass is 9.86. The van der Waals surface area contributed by atoms with Gasteiger partial charge in [0.15, 0.2) is 0 Å². The normalized spacial score (nSPS) is 26.0. The minimum absolute atomic E-state index is 0.0141. The van der Waals surface area contributed by atoms with Crippen LogP contribution in [0.15, 0.2) is 29.2 Å². The number of hydrogen-bond donors (Lipinski definition) is 1. The zero-order valence-electron chi connectivity index (χ0n) is 16.6. The van der Waals surface area contributed by atoms with Crippen molar-refractivity contribution in [1.82, 2.24) is 14.5 Å². The largest absolute Gasteiger partial charge is 0.352 e. The Morgan fingerprint density at radius 2 is 1.86 bits per heavy atom. The SMILES string of the molecule is C[C@H](C(=O)N[C@@H]1CCCC[C@@H]1C)N1CCN(S(=O)(=O)c2cccc(F)c2)CC1. The van der Waals surface area contributed by atoms with Crippen LogP contribution in [0.4, 0.5) is 4.39 Å². The van der Waals surface area contributed by atoms with E-state index in [-0.39, 0.29) is 36.0 Å². The third-order valence-electron chi connectivity index (χ3n) is 6.07. The molecule has 1 saturated heterocycles. The first kappa shape index (κ1) is 21.2. The quantitative estimate of drug-likeness (QED) is 0.807. The summed E-state index contributed by atoms with van der Waals surface area (Å²) in [5.74, 6) is -0.0553. The Morgan fingerprint density at radius 3 is 2.50 bits per heavy atom. The Hall–Kier alpha value is -1.51. The standard InChI is InChI=1S/C20H30FN3O3S/c1-15-6-3-4-9-19(15)22-20(25)16(2)23-10-12-24(13-11-23)28(26,27)18-8-5-7-17(21)14-18/h5,7-8,14-16,19H,3-4,6,9-13H2,1-2H3,(H,22,25)/t15-,16+,19+/m0/s1. The predicted octanol–water partition coefficient (Wildman–Crippen LogP) is 2.22. The molecule has 0 radical (unpaired) electrons. The molecule has 3 atom stereocenters. The molecule has 0 aromatic heterocycles. The van der Waals surface area contributed by atoms with Crippen LogP contribution in [0.1, 0.15) is 39.5 Å². The molecule has 156 valence electrons. The Bertz CT molecular complexity index is 794. The van der Waals surface area contributed by atoms with Gasteiger partial charge in [-0.05, 0) is 43.9 Å². The van der Waals surface area contributed by atoms with Crippen molar-refractivity contribution in [2.24, 2.45) is 5.92 Å². The maximum atomic E-state index is 13.4. The molecule has 8 heteroatoms. The zero-order valence-corrected chi connectivity index (χ0v) is 17.4. The molecule has 6 nitrogen and oxygen atoms in total. The van der Waals surface area contributed by atoms with Crippen molar-refractivity contribution in [1.29, 1.82) is 0 Å². The Balaban J connectivity index is 1.56. The second kappa shape index (κ2) is 8.88. The first-order valence-corrected chi connectivity index (χ1v) is 11.5. The van der Waals surface area contributed by atoms with Gasteiger partial charge in [0.2, 0.25) is 15.9 Å². The van der Waals surface area contributed by atoms with Crippen LogP contribution in [0.25, 0.3) is 0 Å². The van der Waals surface area contributed by atoms with E-state index in [2.05, 4.69) is 12.2 Å². The number of nitrogens with one attached hydrogen (secondary N) is 1. The molecule has 1 saturated carbocycles. The molecule has 3 rings (SSSR count). The Morgan fingerprint density at radius 1 is 1.18 bits per heavy atom. The van der Waals surface area contributed by atoms with Crippen LogP contribution in [0.2, 0.25) is 0 Å². The summed E-state index contributed by atoms with van der Waals surface area (Å²) < 4.78 is 40.2. The molecule has 1 N–H and O–H groups in total. The predicted molar refractivity (Wildman–Crippen MR) is 106 cm³/mol. The molecule has 1 heterocycles. The molecule has 1 amide bonds. The number of piperazine rings is 1. The van der Waals surface area contributed by atoms with Gasteiger partial charge in [-0.1, -0.05) is 25.8 Å². The lowest BCUT2D eigenvalue weighted by molar-refractivity contribution is -0.127. The summed E-state index contributed by atoms with van der Waals surface area (Å²) in [5, 5.41) is 3.19. The number of hydrogen-bond acceptors (Lipinski definition) is 4. The molecular formula is C20H30FN3O3S.